The maximum absolute atomic E-state index is 10.3. The second-order valence-electron chi connectivity index (χ2n) is 6.13. The Labute approximate surface area is 142 Å². The fraction of sp³-hybridized carbons (Fsp3) is 0.368. The lowest BCUT2D eigenvalue weighted by Crippen LogP contribution is -2.20. The van der Waals surface area contributed by atoms with Crippen molar-refractivity contribution in [1.82, 2.24) is 4.90 Å². The van der Waals surface area contributed by atoms with Crippen molar-refractivity contribution in [3.8, 4) is 11.5 Å². The molecule has 122 valence electrons. The molecule has 1 aliphatic heterocycles. The van der Waals surface area contributed by atoms with Gasteiger partial charge in [0.1, 0.15) is 11.5 Å². The van der Waals surface area contributed by atoms with Gasteiger partial charge in [0.2, 0.25) is 0 Å². The summed E-state index contributed by atoms with van der Waals surface area (Å²) in [5.41, 5.74) is 2.24. The molecule has 0 spiro atoms. The van der Waals surface area contributed by atoms with Gasteiger partial charge < -0.3 is 9.84 Å². The lowest BCUT2D eigenvalue weighted by Gasteiger charge is -2.18. The van der Waals surface area contributed by atoms with Crippen molar-refractivity contribution in [2.75, 3.05) is 26.1 Å². The summed E-state index contributed by atoms with van der Waals surface area (Å²) in [7, 11) is 1.64. The van der Waals surface area contributed by atoms with Crippen LogP contribution in [0.5, 0.6) is 11.5 Å². The zero-order valence-corrected chi connectivity index (χ0v) is 14.0. The first-order valence-corrected chi connectivity index (χ1v) is 8.44. The number of hydrogen-bond acceptors (Lipinski definition) is 3. The minimum atomic E-state index is 0.228. The third kappa shape index (κ3) is 3.62. The van der Waals surface area contributed by atoms with Crippen LogP contribution in [0, 0.1) is 5.92 Å². The number of phenolic OH excluding ortho intramolecular Hbond substituents is 1. The van der Waals surface area contributed by atoms with Crippen molar-refractivity contribution < 1.29 is 9.84 Å². The van der Waals surface area contributed by atoms with Crippen molar-refractivity contribution in [1.29, 1.82) is 0 Å². The van der Waals surface area contributed by atoms with Crippen molar-refractivity contribution >= 4 is 11.6 Å². The van der Waals surface area contributed by atoms with Crippen LogP contribution in [0.1, 0.15) is 17.0 Å². The Balaban J connectivity index is 1.79. The van der Waals surface area contributed by atoms with Gasteiger partial charge in [-0.15, -0.1) is 11.6 Å². The molecule has 0 radical (unpaired) electrons. The first-order chi connectivity index (χ1) is 11.2. The van der Waals surface area contributed by atoms with E-state index < -0.39 is 0 Å². The summed E-state index contributed by atoms with van der Waals surface area (Å²) >= 11 is 6.21. The molecule has 1 fully saturated rings. The number of phenols is 1. The molecule has 0 amide bonds. The topological polar surface area (TPSA) is 32.7 Å². The molecule has 0 aliphatic carbocycles. The fourth-order valence-electron chi connectivity index (χ4n) is 3.40. The van der Waals surface area contributed by atoms with Gasteiger partial charge in [0, 0.05) is 37.0 Å². The minimum Gasteiger partial charge on any atom is -0.508 e. The summed E-state index contributed by atoms with van der Waals surface area (Å²) in [5, 5.41) is 10.3. The Morgan fingerprint density at radius 1 is 1.17 bits per heavy atom. The Bertz CT molecular complexity index is 647. The molecule has 0 saturated carbocycles. The standard InChI is InChI=1S/C19H22ClNO2/c1-23-16-7-8-19(22)17(9-16)18-13-21(12-15(18)10-20)11-14-5-3-2-4-6-14/h2-9,15,18,22H,10-13H2,1H3/t15-,18-/m1/s1. The molecule has 1 N–H and O–H groups in total. The van der Waals surface area contributed by atoms with Crippen LogP contribution in [0.4, 0.5) is 0 Å². The van der Waals surface area contributed by atoms with Crippen LogP contribution in [0.3, 0.4) is 0 Å². The first kappa shape index (κ1) is 16.2. The van der Waals surface area contributed by atoms with Crippen molar-refractivity contribution in [2.24, 2.45) is 5.92 Å². The average molecular weight is 332 g/mol. The number of nitrogens with zero attached hydrogens (tertiary/aromatic N) is 1. The first-order valence-electron chi connectivity index (χ1n) is 7.90. The third-order valence-corrected chi connectivity index (χ3v) is 4.99. The van der Waals surface area contributed by atoms with Gasteiger partial charge in [-0.2, -0.15) is 0 Å². The lowest BCUT2D eigenvalue weighted by molar-refractivity contribution is 0.319. The van der Waals surface area contributed by atoms with Crippen LogP contribution in [-0.2, 0) is 6.54 Å². The quantitative estimate of drug-likeness (QED) is 0.845. The molecule has 3 rings (SSSR count). The molecular formula is C19H22ClNO2. The third-order valence-electron chi connectivity index (χ3n) is 4.60. The minimum absolute atomic E-state index is 0.228. The van der Waals surface area contributed by atoms with E-state index in [9.17, 15) is 5.11 Å². The molecule has 2 atom stereocenters. The number of likely N-dealkylation sites (tertiary alicyclic amines) is 1. The number of ether oxygens (including phenoxy) is 1. The van der Waals surface area contributed by atoms with E-state index in [1.165, 1.54) is 5.56 Å². The normalized spacial score (nSPS) is 21.5. The maximum atomic E-state index is 10.3. The van der Waals surface area contributed by atoms with E-state index in [2.05, 4.69) is 29.2 Å². The fourth-order valence-corrected chi connectivity index (χ4v) is 3.71. The van der Waals surface area contributed by atoms with Crippen molar-refractivity contribution in [3.05, 3.63) is 59.7 Å². The second kappa shape index (κ2) is 7.24. The van der Waals surface area contributed by atoms with Crippen LogP contribution < -0.4 is 4.74 Å². The van der Waals surface area contributed by atoms with Crippen LogP contribution in [0.2, 0.25) is 0 Å². The Kier molecular flexibility index (Phi) is 5.09. The van der Waals surface area contributed by atoms with Crippen LogP contribution >= 0.6 is 11.6 Å². The molecule has 0 unspecified atom stereocenters. The smallest absolute Gasteiger partial charge is 0.119 e. The summed E-state index contributed by atoms with van der Waals surface area (Å²) in [6.45, 7) is 2.75. The predicted octanol–water partition coefficient (Wildman–Crippen LogP) is 3.86. The molecule has 1 heterocycles. The molecule has 2 aromatic carbocycles. The number of benzene rings is 2. The summed E-state index contributed by atoms with van der Waals surface area (Å²) in [6.07, 6.45) is 0. The van der Waals surface area contributed by atoms with Gasteiger partial charge in [-0.3, -0.25) is 4.90 Å². The number of alkyl halides is 1. The van der Waals surface area contributed by atoms with Gasteiger partial charge >= 0.3 is 0 Å². The Morgan fingerprint density at radius 3 is 2.65 bits per heavy atom. The molecule has 23 heavy (non-hydrogen) atoms. The van der Waals surface area contributed by atoms with Crippen molar-refractivity contribution in [3.63, 3.8) is 0 Å². The number of aromatic hydroxyl groups is 1. The summed E-state index contributed by atoms with van der Waals surface area (Å²) in [6, 6.07) is 15.9. The summed E-state index contributed by atoms with van der Waals surface area (Å²) in [5.74, 6) is 2.25. The molecule has 0 aromatic heterocycles. The van der Waals surface area contributed by atoms with E-state index in [4.69, 9.17) is 16.3 Å². The highest BCUT2D eigenvalue weighted by atomic mass is 35.5. The maximum Gasteiger partial charge on any atom is 0.119 e. The number of hydrogen-bond donors (Lipinski definition) is 1. The van der Waals surface area contributed by atoms with E-state index in [0.29, 0.717) is 17.5 Å². The monoisotopic (exact) mass is 331 g/mol. The molecule has 1 saturated heterocycles. The molecule has 1 aliphatic rings. The zero-order valence-electron chi connectivity index (χ0n) is 13.3. The van der Waals surface area contributed by atoms with Crippen LogP contribution in [0.15, 0.2) is 48.5 Å². The average Bonchev–Trinajstić information content (AvgIpc) is 2.99. The molecule has 3 nitrogen and oxygen atoms in total. The number of rotatable bonds is 5. The molecule has 2 aromatic rings. The van der Waals surface area contributed by atoms with E-state index in [-0.39, 0.29) is 5.92 Å². The number of methoxy groups -OCH3 is 1. The van der Waals surface area contributed by atoms with Gasteiger partial charge in [-0.05, 0) is 29.7 Å². The van der Waals surface area contributed by atoms with Gasteiger partial charge in [0.25, 0.3) is 0 Å². The van der Waals surface area contributed by atoms with E-state index in [1.54, 1.807) is 19.2 Å². The van der Waals surface area contributed by atoms with Crippen molar-refractivity contribution in [2.45, 2.75) is 12.5 Å². The van der Waals surface area contributed by atoms with E-state index in [1.807, 2.05) is 12.1 Å². The molecule has 0 bridgehead atoms. The van der Waals surface area contributed by atoms with Crippen LogP contribution in [0.25, 0.3) is 0 Å². The predicted molar refractivity (Wildman–Crippen MR) is 93.3 cm³/mol. The van der Waals surface area contributed by atoms with Gasteiger partial charge in [0.05, 0.1) is 7.11 Å². The Hall–Kier alpha value is -1.71. The molecular weight excluding hydrogens is 310 g/mol. The highest BCUT2D eigenvalue weighted by Crippen LogP contribution is 2.39. The zero-order chi connectivity index (χ0) is 16.2. The molecule has 4 heteroatoms. The van der Waals surface area contributed by atoms with Gasteiger partial charge in [-0.25, -0.2) is 0 Å². The summed E-state index contributed by atoms with van der Waals surface area (Å²) in [4.78, 5) is 2.41. The Morgan fingerprint density at radius 2 is 1.96 bits per heavy atom. The second-order valence-corrected chi connectivity index (χ2v) is 6.43. The highest BCUT2D eigenvalue weighted by Gasteiger charge is 2.34. The largest absolute Gasteiger partial charge is 0.508 e. The van der Waals surface area contributed by atoms with Crippen LogP contribution in [-0.4, -0.2) is 36.1 Å². The number of halogens is 1. The summed E-state index contributed by atoms with van der Waals surface area (Å²) < 4.78 is 5.30. The van der Waals surface area contributed by atoms with E-state index in [0.717, 1.165) is 30.9 Å². The van der Waals surface area contributed by atoms with Gasteiger partial charge in [-0.1, -0.05) is 30.3 Å². The SMILES string of the molecule is COc1ccc(O)c([C@@H]2CN(Cc3ccccc3)C[C@H]2CCl)c1. The lowest BCUT2D eigenvalue weighted by atomic mass is 9.89. The van der Waals surface area contributed by atoms with E-state index >= 15 is 0 Å². The van der Waals surface area contributed by atoms with Gasteiger partial charge in [0.15, 0.2) is 0 Å². The highest BCUT2D eigenvalue weighted by molar-refractivity contribution is 6.18.